The molecule has 0 saturated carbocycles. The van der Waals surface area contributed by atoms with Gasteiger partial charge in [0.2, 0.25) is 15.9 Å². The maximum absolute atomic E-state index is 13.8. The summed E-state index contributed by atoms with van der Waals surface area (Å²) in [4.78, 5) is 16.9. The highest BCUT2D eigenvalue weighted by Gasteiger charge is 2.36. The summed E-state index contributed by atoms with van der Waals surface area (Å²) in [6.07, 6.45) is 2.12. The number of ether oxygens (including phenoxy) is 2. The van der Waals surface area contributed by atoms with E-state index in [1.54, 1.807) is 28.4 Å². The number of halogens is 1. The smallest absolute Gasteiger partial charge is 0.243 e. The summed E-state index contributed by atoms with van der Waals surface area (Å²) >= 11 is 7.67. The van der Waals surface area contributed by atoms with E-state index < -0.39 is 10.0 Å². The molecular weight excluding hydrogens is 544 g/mol. The Kier molecular flexibility index (Phi) is 8.40. The third-order valence-corrected chi connectivity index (χ3v) is 10.1. The summed E-state index contributed by atoms with van der Waals surface area (Å²) in [6.45, 7) is 3.25. The number of benzene rings is 2. The Hall–Kier alpha value is -2.43. The van der Waals surface area contributed by atoms with Gasteiger partial charge in [-0.3, -0.25) is 4.79 Å². The van der Waals surface area contributed by atoms with E-state index in [0.717, 1.165) is 36.1 Å². The van der Waals surface area contributed by atoms with Gasteiger partial charge in [0.1, 0.15) is 12.4 Å². The van der Waals surface area contributed by atoms with E-state index in [4.69, 9.17) is 21.1 Å². The Morgan fingerprint density at radius 2 is 1.92 bits per heavy atom. The molecule has 0 aliphatic carbocycles. The molecule has 5 rings (SSSR count). The first-order chi connectivity index (χ1) is 18.3. The van der Waals surface area contributed by atoms with Crippen LogP contribution in [0.25, 0.3) is 0 Å². The molecule has 202 valence electrons. The Bertz CT molecular complexity index is 1350. The number of amides is 1. The average Bonchev–Trinajstić information content (AvgIpc) is 3.60. The second-order valence-electron chi connectivity index (χ2n) is 9.66. The normalized spacial score (nSPS) is 19.5. The van der Waals surface area contributed by atoms with Crippen molar-refractivity contribution in [1.82, 2.24) is 9.21 Å². The highest BCUT2D eigenvalue weighted by atomic mass is 35.5. The van der Waals surface area contributed by atoms with Gasteiger partial charge in [-0.05, 0) is 79.6 Å². The molecule has 3 heterocycles. The first-order valence-corrected chi connectivity index (χ1v) is 15.4. The van der Waals surface area contributed by atoms with E-state index in [0.29, 0.717) is 18.2 Å². The summed E-state index contributed by atoms with van der Waals surface area (Å²) in [7, 11) is -3.95. The number of sulfonamides is 1. The molecule has 1 saturated heterocycles. The van der Waals surface area contributed by atoms with Crippen LogP contribution in [0.15, 0.2) is 64.9 Å². The Morgan fingerprint density at radius 3 is 2.63 bits per heavy atom. The van der Waals surface area contributed by atoms with Crippen molar-refractivity contribution in [3.8, 4) is 5.75 Å². The summed E-state index contributed by atoms with van der Waals surface area (Å²) in [6, 6.07) is 15.6. The van der Waals surface area contributed by atoms with Gasteiger partial charge >= 0.3 is 0 Å². The van der Waals surface area contributed by atoms with Gasteiger partial charge in [-0.25, -0.2) is 8.42 Å². The Balaban J connectivity index is 1.38. The number of carbonyl (C=O) groups is 1. The van der Waals surface area contributed by atoms with Gasteiger partial charge in [0.05, 0.1) is 23.6 Å². The summed E-state index contributed by atoms with van der Waals surface area (Å²) in [5, 5.41) is 2.48. The lowest BCUT2D eigenvalue weighted by molar-refractivity contribution is -0.135. The molecule has 0 unspecified atom stereocenters. The van der Waals surface area contributed by atoms with Gasteiger partial charge in [0, 0.05) is 29.6 Å². The van der Waals surface area contributed by atoms with Gasteiger partial charge < -0.3 is 14.4 Å². The molecule has 2 aliphatic rings. The van der Waals surface area contributed by atoms with Crippen LogP contribution in [0.3, 0.4) is 0 Å². The molecule has 0 spiro atoms. The van der Waals surface area contributed by atoms with Crippen LogP contribution >= 0.6 is 22.9 Å². The standard InChI is InChI=1S/C28H31ClN2O5S2/c1-20-4-8-22(9-5-20)36-19-26-25-13-16-37-27(25)12-14-31(26)28(32)18-30(17-23-3-2-15-35-23)38(33,34)24-10-6-21(29)7-11-24/h4-11,13,16,23,26H,2-3,12,14-15,17-19H2,1H3/t23-,26+/m0/s1. The predicted molar refractivity (Wildman–Crippen MR) is 148 cm³/mol. The van der Waals surface area contributed by atoms with Crippen LogP contribution in [0.5, 0.6) is 5.75 Å². The van der Waals surface area contributed by atoms with E-state index in [2.05, 4.69) is 0 Å². The molecule has 1 aromatic heterocycles. The van der Waals surface area contributed by atoms with Crippen LogP contribution in [-0.2, 0) is 26.0 Å². The molecule has 3 aromatic rings. The molecule has 0 N–H and O–H groups in total. The number of aryl methyl sites for hydroxylation is 1. The van der Waals surface area contributed by atoms with E-state index in [1.807, 2.05) is 42.6 Å². The van der Waals surface area contributed by atoms with Crippen molar-refractivity contribution in [2.45, 2.75) is 43.2 Å². The zero-order valence-electron chi connectivity index (χ0n) is 21.2. The van der Waals surface area contributed by atoms with Gasteiger partial charge in [-0.1, -0.05) is 29.3 Å². The topological polar surface area (TPSA) is 76.2 Å². The van der Waals surface area contributed by atoms with Crippen LogP contribution in [0.4, 0.5) is 0 Å². The molecule has 1 amide bonds. The molecule has 2 aromatic carbocycles. The van der Waals surface area contributed by atoms with Crippen molar-refractivity contribution in [1.29, 1.82) is 0 Å². The molecule has 2 aliphatic heterocycles. The molecule has 38 heavy (non-hydrogen) atoms. The zero-order valence-corrected chi connectivity index (χ0v) is 23.6. The van der Waals surface area contributed by atoms with Crippen LogP contribution in [-0.4, -0.2) is 62.5 Å². The third kappa shape index (κ3) is 6.07. The average molecular weight is 575 g/mol. The molecule has 2 atom stereocenters. The largest absolute Gasteiger partial charge is 0.491 e. The second kappa shape index (κ2) is 11.8. The van der Waals surface area contributed by atoms with Crippen LogP contribution in [0, 0.1) is 6.92 Å². The fourth-order valence-electron chi connectivity index (χ4n) is 4.94. The van der Waals surface area contributed by atoms with E-state index in [9.17, 15) is 13.2 Å². The highest BCUT2D eigenvalue weighted by Crippen LogP contribution is 2.34. The number of carbonyl (C=O) groups excluding carboxylic acids is 1. The minimum atomic E-state index is -3.95. The van der Waals surface area contributed by atoms with Gasteiger partial charge in [-0.2, -0.15) is 4.31 Å². The van der Waals surface area contributed by atoms with Gasteiger partial charge in [-0.15, -0.1) is 11.3 Å². The number of nitrogens with zero attached hydrogens (tertiary/aromatic N) is 2. The summed E-state index contributed by atoms with van der Waals surface area (Å²) in [5.41, 5.74) is 2.20. The molecule has 0 bridgehead atoms. The third-order valence-electron chi connectivity index (χ3n) is 7.04. The lowest BCUT2D eigenvalue weighted by Gasteiger charge is -2.37. The number of rotatable bonds is 9. The fraction of sp³-hybridized carbons (Fsp3) is 0.393. The Morgan fingerprint density at radius 1 is 1.16 bits per heavy atom. The number of fused-ring (bicyclic) bond motifs is 1. The molecule has 10 heteroatoms. The number of thiophene rings is 1. The zero-order chi connectivity index (χ0) is 26.7. The number of hydrogen-bond donors (Lipinski definition) is 0. The highest BCUT2D eigenvalue weighted by molar-refractivity contribution is 7.89. The lowest BCUT2D eigenvalue weighted by Crippen LogP contribution is -2.49. The van der Waals surface area contributed by atoms with Crippen LogP contribution in [0.1, 0.15) is 34.9 Å². The van der Waals surface area contributed by atoms with E-state index in [1.165, 1.54) is 21.3 Å². The van der Waals surface area contributed by atoms with Crippen molar-refractivity contribution in [2.24, 2.45) is 0 Å². The second-order valence-corrected chi connectivity index (χ2v) is 13.0. The summed E-state index contributed by atoms with van der Waals surface area (Å²) in [5.74, 6) is 0.477. The SMILES string of the molecule is Cc1ccc(OC[C@@H]2c3ccsc3CCN2C(=O)CN(C[C@@H]2CCCO2)S(=O)(=O)c2ccc(Cl)cc2)cc1. The van der Waals surface area contributed by atoms with Crippen molar-refractivity contribution < 1.29 is 22.7 Å². The first-order valence-electron chi connectivity index (χ1n) is 12.7. The molecular formula is C28H31ClN2O5S2. The van der Waals surface area contributed by atoms with Crippen molar-refractivity contribution in [3.05, 3.63) is 81.0 Å². The molecule has 1 fully saturated rings. The fourth-order valence-corrected chi connectivity index (χ4v) is 7.42. The summed E-state index contributed by atoms with van der Waals surface area (Å²) < 4.78 is 40.4. The van der Waals surface area contributed by atoms with Crippen LogP contribution in [0.2, 0.25) is 5.02 Å². The quantitative estimate of drug-likeness (QED) is 0.356. The van der Waals surface area contributed by atoms with E-state index in [-0.39, 0.29) is 42.6 Å². The molecule has 7 nitrogen and oxygen atoms in total. The van der Waals surface area contributed by atoms with Crippen molar-refractivity contribution in [2.75, 3.05) is 32.8 Å². The Labute approximate surface area is 233 Å². The van der Waals surface area contributed by atoms with Crippen molar-refractivity contribution >= 4 is 38.9 Å². The minimum Gasteiger partial charge on any atom is -0.491 e. The minimum absolute atomic E-state index is 0.103. The monoisotopic (exact) mass is 574 g/mol. The number of hydrogen-bond acceptors (Lipinski definition) is 6. The van der Waals surface area contributed by atoms with Crippen LogP contribution < -0.4 is 4.74 Å². The lowest BCUT2D eigenvalue weighted by atomic mass is 10.0. The van der Waals surface area contributed by atoms with Gasteiger partial charge in [0.25, 0.3) is 0 Å². The van der Waals surface area contributed by atoms with E-state index >= 15 is 0 Å². The van der Waals surface area contributed by atoms with Crippen molar-refractivity contribution in [3.63, 3.8) is 0 Å². The maximum Gasteiger partial charge on any atom is 0.243 e. The maximum atomic E-state index is 13.8. The predicted octanol–water partition coefficient (Wildman–Crippen LogP) is 5.08. The van der Waals surface area contributed by atoms with Gasteiger partial charge in [0.15, 0.2) is 0 Å². The first kappa shape index (κ1) is 27.1. The molecule has 0 radical (unpaired) electrons.